The lowest BCUT2D eigenvalue weighted by Gasteiger charge is -2.06. The van der Waals surface area contributed by atoms with Gasteiger partial charge in [-0.25, -0.2) is 5.43 Å². The summed E-state index contributed by atoms with van der Waals surface area (Å²) in [6, 6.07) is 12.7. The van der Waals surface area contributed by atoms with E-state index in [4.69, 9.17) is 9.47 Å². The number of methoxy groups -OCH3 is 1. The van der Waals surface area contributed by atoms with Crippen molar-refractivity contribution in [3.8, 4) is 11.5 Å². The fourth-order valence-electron chi connectivity index (χ4n) is 1.89. The number of amides is 1. The van der Waals surface area contributed by atoms with Crippen molar-refractivity contribution in [1.29, 1.82) is 0 Å². The van der Waals surface area contributed by atoms with Gasteiger partial charge in [-0.15, -0.1) is 0 Å². The van der Waals surface area contributed by atoms with Crippen LogP contribution >= 0.6 is 0 Å². The molecule has 0 unspecified atom stereocenters. The lowest BCUT2D eigenvalue weighted by atomic mass is 10.1. The van der Waals surface area contributed by atoms with Crippen molar-refractivity contribution in [3.63, 3.8) is 0 Å². The highest BCUT2D eigenvalue weighted by atomic mass is 16.6. The summed E-state index contributed by atoms with van der Waals surface area (Å²) in [6.45, 7) is 1.51. The molecule has 1 amide bonds. The average molecular weight is 343 g/mol. The smallest absolute Gasteiger partial charge is 0.277 e. The van der Waals surface area contributed by atoms with Crippen LogP contribution in [0.25, 0.3) is 0 Å². The van der Waals surface area contributed by atoms with E-state index in [0.29, 0.717) is 11.5 Å². The van der Waals surface area contributed by atoms with Crippen LogP contribution in [0.15, 0.2) is 53.6 Å². The Kier molecular flexibility index (Phi) is 6.05. The molecule has 8 nitrogen and oxygen atoms in total. The molecule has 0 saturated carbocycles. The number of benzene rings is 2. The third kappa shape index (κ3) is 5.31. The number of carbonyl (C=O) groups is 1. The first-order valence-corrected chi connectivity index (χ1v) is 7.34. The number of nitrogens with one attached hydrogen (secondary N) is 1. The van der Waals surface area contributed by atoms with E-state index >= 15 is 0 Å². The zero-order valence-electron chi connectivity index (χ0n) is 13.8. The fourth-order valence-corrected chi connectivity index (χ4v) is 1.89. The molecular formula is C17H17N3O5. The van der Waals surface area contributed by atoms with E-state index in [0.717, 1.165) is 11.3 Å². The summed E-state index contributed by atoms with van der Waals surface area (Å²) in [7, 11) is 1.58. The molecule has 130 valence electrons. The van der Waals surface area contributed by atoms with Gasteiger partial charge in [0.15, 0.2) is 6.61 Å². The Morgan fingerprint density at radius 2 is 1.72 bits per heavy atom. The Labute approximate surface area is 144 Å². The molecule has 1 N–H and O–H groups in total. The highest BCUT2D eigenvalue weighted by Gasteiger charge is 2.06. The van der Waals surface area contributed by atoms with Crippen LogP contribution in [0.3, 0.4) is 0 Å². The molecule has 0 aliphatic rings. The van der Waals surface area contributed by atoms with Crippen LogP contribution in [0.4, 0.5) is 5.69 Å². The molecule has 0 aliphatic carbocycles. The number of rotatable bonds is 7. The fraction of sp³-hybridized carbons (Fsp3) is 0.176. The Balaban J connectivity index is 1.85. The molecule has 2 rings (SSSR count). The summed E-state index contributed by atoms with van der Waals surface area (Å²) in [6.07, 6.45) is 0. The van der Waals surface area contributed by atoms with Crippen LogP contribution in [0.2, 0.25) is 0 Å². The maximum atomic E-state index is 11.8. The van der Waals surface area contributed by atoms with Crippen LogP contribution < -0.4 is 14.9 Å². The number of nitro benzene ring substituents is 1. The van der Waals surface area contributed by atoms with Crippen molar-refractivity contribution in [3.05, 3.63) is 64.2 Å². The van der Waals surface area contributed by atoms with Gasteiger partial charge in [-0.3, -0.25) is 14.9 Å². The molecule has 2 aromatic rings. The highest BCUT2D eigenvalue weighted by molar-refractivity contribution is 5.99. The number of nitrogens with zero attached hydrogens (tertiary/aromatic N) is 2. The lowest BCUT2D eigenvalue weighted by molar-refractivity contribution is -0.384. The summed E-state index contributed by atoms with van der Waals surface area (Å²) >= 11 is 0. The Hall–Kier alpha value is -3.42. The van der Waals surface area contributed by atoms with Crippen molar-refractivity contribution in [2.45, 2.75) is 6.92 Å². The molecule has 0 aromatic heterocycles. The summed E-state index contributed by atoms with van der Waals surface area (Å²) in [5.41, 5.74) is 3.82. The van der Waals surface area contributed by atoms with Gasteiger partial charge < -0.3 is 9.47 Å². The number of ether oxygens (including phenoxy) is 2. The minimum atomic E-state index is -0.507. The third-order valence-corrected chi connectivity index (χ3v) is 3.27. The van der Waals surface area contributed by atoms with Crippen LogP contribution in [-0.4, -0.2) is 30.3 Å². The zero-order chi connectivity index (χ0) is 18.2. The highest BCUT2D eigenvalue weighted by Crippen LogP contribution is 2.17. The SMILES string of the molecule is COc1ccc(/C(C)=N/NC(=O)COc2ccc([N+](=O)[O-])cc2)cc1. The molecule has 0 saturated heterocycles. The van der Waals surface area contributed by atoms with Gasteiger partial charge in [-0.05, 0) is 48.9 Å². The Bertz CT molecular complexity index is 770. The summed E-state index contributed by atoms with van der Waals surface area (Å²) in [5, 5.41) is 14.6. The van der Waals surface area contributed by atoms with E-state index in [9.17, 15) is 14.9 Å². The van der Waals surface area contributed by atoms with Crippen molar-refractivity contribution < 1.29 is 19.2 Å². The van der Waals surface area contributed by atoms with Gasteiger partial charge in [-0.1, -0.05) is 0 Å². The van der Waals surface area contributed by atoms with E-state index in [2.05, 4.69) is 10.5 Å². The van der Waals surface area contributed by atoms with Gasteiger partial charge in [0, 0.05) is 12.1 Å². The Morgan fingerprint density at radius 3 is 2.28 bits per heavy atom. The van der Waals surface area contributed by atoms with Gasteiger partial charge in [0.25, 0.3) is 11.6 Å². The van der Waals surface area contributed by atoms with Crippen LogP contribution in [0.5, 0.6) is 11.5 Å². The first-order chi connectivity index (χ1) is 12.0. The number of hydrazone groups is 1. The van der Waals surface area contributed by atoms with Crippen LogP contribution in [0, 0.1) is 10.1 Å². The minimum absolute atomic E-state index is 0.0449. The van der Waals surface area contributed by atoms with Crippen molar-refractivity contribution in [1.82, 2.24) is 5.43 Å². The maximum absolute atomic E-state index is 11.8. The van der Waals surface area contributed by atoms with Crippen molar-refractivity contribution >= 4 is 17.3 Å². The number of non-ortho nitro benzene ring substituents is 1. The number of hydrogen-bond acceptors (Lipinski definition) is 6. The number of carbonyl (C=O) groups excluding carboxylic acids is 1. The second-order valence-corrected chi connectivity index (χ2v) is 5.00. The van der Waals surface area contributed by atoms with Gasteiger partial charge >= 0.3 is 0 Å². The van der Waals surface area contributed by atoms with E-state index in [-0.39, 0.29) is 12.3 Å². The molecule has 0 bridgehead atoms. The third-order valence-electron chi connectivity index (χ3n) is 3.27. The topological polar surface area (TPSA) is 103 Å². The standard InChI is InChI=1S/C17H17N3O5/c1-12(13-3-7-15(24-2)8-4-13)18-19-17(21)11-25-16-9-5-14(6-10-16)20(22)23/h3-10H,11H2,1-2H3,(H,19,21)/b18-12+. The van der Waals surface area contributed by atoms with Crippen molar-refractivity contribution in [2.75, 3.05) is 13.7 Å². The monoisotopic (exact) mass is 343 g/mol. The Morgan fingerprint density at radius 1 is 1.12 bits per heavy atom. The molecule has 0 spiro atoms. The normalized spacial score (nSPS) is 10.9. The molecule has 0 fully saturated rings. The van der Waals surface area contributed by atoms with E-state index in [1.165, 1.54) is 24.3 Å². The lowest BCUT2D eigenvalue weighted by Crippen LogP contribution is -2.25. The quantitative estimate of drug-likeness (QED) is 0.473. The largest absolute Gasteiger partial charge is 0.497 e. The van der Waals surface area contributed by atoms with E-state index in [1.54, 1.807) is 26.2 Å². The predicted molar refractivity (Wildman–Crippen MR) is 91.9 cm³/mol. The molecule has 8 heteroatoms. The van der Waals surface area contributed by atoms with Crippen LogP contribution in [0.1, 0.15) is 12.5 Å². The molecule has 2 aromatic carbocycles. The molecular weight excluding hydrogens is 326 g/mol. The van der Waals surface area contributed by atoms with E-state index < -0.39 is 10.8 Å². The van der Waals surface area contributed by atoms with Gasteiger partial charge in [0.2, 0.25) is 0 Å². The van der Waals surface area contributed by atoms with Gasteiger partial charge in [-0.2, -0.15) is 5.10 Å². The van der Waals surface area contributed by atoms with Gasteiger partial charge in [0.1, 0.15) is 11.5 Å². The molecule has 0 radical (unpaired) electrons. The second-order valence-electron chi connectivity index (χ2n) is 5.00. The predicted octanol–water partition coefficient (Wildman–Crippen LogP) is 2.52. The number of hydrogen-bond donors (Lipinski definition) is 1. The minimum Gasteiger partial charge on any atom is -0.497 e. The summed E-state index contributed by atoms with van der Waals surface area (Å²) in [4.78, 5) is 21.8. The van der Waals surface area contributed by atoms with Crippen molar-refractivity contribution in [2.24, 2.45) is 5.10 Å². The molecule has 0 aliphatic heterocycles. The maximum Gasteiger partial charge on any atom is 0.277 e. The molecule has 25 heavy (non-hydrogen) atoms. The first kappa shape index (κ1) is 17.9. The molecule has 0 atom stereocenters. The summed E-state index contributed by atoms with van der Waals surface area (Å²) in [5.74, 6) is 0.653. The second kappa shape index (κ2) is 8.44. The average Bonchev–Trinajstić information content (AvgIpc) is 2.64. The first-order valence-electron chi connectivity index (χ1n) is 7.34. The van der Waals surface area contributed by atoms with E-state index in [1.807, 2.05) is 12.1 Å². The molecule has 0 heterocycles. The van der Waals surface area contributed by atoms with Gasteiger partial charge in [0.05, 0.1) is 17.7 Å². The number of nitro groups is 1. The summed E-state index contributed by atoms with van der Waals surface area (Å²) < 4.78 is 10.3. The van der Waals surface area contributed by atoms with Crippen LogP contribution in [-0.2, 0) is 4.79 Å². The zero-order valence-corrected chi connectivity index (χ0v) is 13.8.